The number of alkyl halides is 2. The lowest BCUT2D eigenvalue weighted by Crippen LogP contribution is -2.35. The van der Waals surface area contributed by atoms with E-state index in [1.54, 1.807) is 18.0 Å². The predicted octanol–water partition coefficient (Wildman–Crippen LogP) is 3.08. The number of carbonyl (C=O) groups excluding carboxylic acids is 1. The highest BCUT2D eigenvalue weighted by Gasteiger charge is 2.29. The van der Waals surface area contributed by atoms with Crippen molar-refractivity contribution in [3.63, 3.8) is 0 Å². The summed E-state index contributed by atoms with van der Waals surface area (Å²) in [5.74, 6) is -0.0796. The van der Waals surface area contributed by atoms with Crippen LogP contribution >= 0.6 is 11.8 Å². The molecule has 0 unspecified atom stereocenters. The van der Waals surface area contributed by atoms with Crippen LogP contribution in [0.1, 0.15) is 29.6 Å². The third kappa shape index (κ3) is 4.32. The molecule has 2 atom stereocenters. The molecule has 1 aliphatic carbocycles. The quantitative estimate of drug-likeness (QED) is 0.804. The molecule has 0 aromatic carbocycles. The Kier molecular flexibility index (Phi) is 5.99. The zero-order valence-electron chi connectivity index (χ0n) is 12.7. The van der Waals surface area contributed by atoms with E-state index in [-0.39, 0.29) is 17.8 Å². The molecule has 0 N–H and O–H groups in total. The number of rotatable bonds is 6. The molecule has 0 bridgehead atoms. The Morgan fingerprint density at radius 3 is 2.95 bits per heavy atom. The highest BCUT2D eigenvalue weighted by molar-refractivity contribution is 7.99. The molecule has 1 amide bonds. The molecule has 7 heteroatoms. The van der Waals surface area contributed by atoms with Crippen molar-refractivity contribution in [1.82, 2.24) is 9.88 Å². The number of aromatic nitrogens is 1. The SMILES string of the molecule is CS[C@@H]1CC[C@H](N(C)C(=O)c2ccnc(OCC(F)F)c2)C1. The number of ether oxygens (including phenoxy) is 1. The lowest BCUT2D eigenvalue weighted by Gasteiger charge is -2.24. The van der Waals surface area contributed by atoms with E-state index in [1.807, 2.05) is 11.8 Å². The summed E-state index contributed by atoms with van der Waals surface area (Å²) < 4.78 is 29.2. The first-order valence-electron chi connectivity index (χ1n) is 7.18. The number of pyridine rings is 1. The summed E-state index contributed by atoms with van der Waals surface area (Å²) in [6.07, 6.45) is 4.02. The van der Waals surface area contributed by atoms with E-state index >= 15 is 0 Å². The number of thioether (sulfide) groups is 1. The van der Waals surface area contributed by atoms with Crippen LogP contribution in [0.5, 0.6) is 5.88 Å². The van der Waals surface area contributed by atoms with Crippen molar-refractivity contribution in [3.8, 4) is 5.88 Å². The maximum absolute atomic E-state index is 12.5. The van der Waals surface area contributed by atoms with Gasteiger partial charge in [-0.2, -0.15) is 11.8 Å². The van der Waals surface area contributed by atoms with Crippen LogP contribution in [0.25, 0.3) is 0 Å². The smallest absolute Gasteiger partial charge is 0.272 e. The third-order valence-corrected chi connectivity index (χ3v) is 4.99. The Labute approximate surface area is 133 Å². The lowest BCUT2D eigenvalue weighted by molar-refractivity contribution is 0.0731. The molecule has 1 saturated carbocycles. The van der Waals surface area contributed by atoms with Crippen LogP contribution in [-0.2, 0) is 0 Å². The van der Waals surface area contributed by atoms with Gasteiger partial charge in [0.2, 0.25) is 5.88 Å². The van der Waals surface area contributed by atoms with Crippen molar-refractivity contribution in [2.45, 2.75) is 37.0 Å². The first-order valence-corrected chi connectivity index (χ1v) is 8.47. The van der Waals surface area contributed by atoms with E-state index in [0.717, 1.165) is 19.3 Å². The summed E-state index contributed by atoms with van der Waals surface area (Å²) in [7, 11) is 1.79. The van der Waals surface area contributed by atoms with Gasteiger partial charge in [-0.25, -0.2) is 13.8 Å². The summed E-state index contributed by atoms with van der Waals surface area (Å²) in [5.41, 5.74) is 0.411. The highest BCUT2D eigenvalue weighted by Crippen LogP contribution is 2.31. The minimum Gasteiger partial charge on any atom is -0.472 e. The van der Waals surface area contributed by atoms with Crippen LogP contribution in [0.15, 0.2) is 18.3 Å². The van der Waals surface area contributed by atoms with Gasteiger partial charge in [-0.3, -0.25) is 4.79 Å². The molecule has 1 heterocycles. The third-order valence-electron chi connectivity index (χ3n) is 3.90. The van der Waals surface area contributed by atoms with Gasteiger partial charge in [-0.15, -0.1) is 0 Å². The Hall–Kier alpha value is -1.37. The van der Waals surface area contributed by atoms with E-state index < -0.39 is 13.0 Å². The normalized spacial score (nSPS) is 21.1. The molecule has 0 saturated heterocycles. The first kappa shape index (κ1) is 17.0. The number of carbonyl (C=O) groups is 1. The molecule has 0 radical (unpaired) electrons. The van der Waals surface area contributed by atoms with Crippen LogP contribution < -0.4 is 4.74 Å². The Balaban J connectivity index is 2.01. The zero-order valence-corrected chi connectivity index (χ0v) is 13.5. The maximum atomic E-state index is 12.5. The predicted molar refractivity (Wildman–Crippen MR) is 82.8 cm³/mol. The monoisotopic (exact) mass is 330 g/mol. The zero-order chi connectivity index (χ0) is 16.1. The van der Waals surface area contributed by atoms with E-state index in [9.17, 15) is 13.6 Å². The second-order valence-electron chi connectivity index (χ2n) is 5.33. The van der Waals surface area contributed by atoms with Crippen LogP contribution in [-0.4, -0.2) is 53.4 Å². The standard InChI is InChI=1S/C15H20F2N2O2S/c1-19(11-3-4-12(8-11)22-2)15(20)10-5-6-18-14(7-10)21-9-13(16)17/h5-7,11-13H,3-4,8-9H2,1-2H3/t11-,12+/m0/s1. The summed E-state index contributed by atoms with van der Waals surface area (Å²) in [5, 5.41) is 0.600. The van der Waals surface area contributed by atoms with Gasteiger partial charge < -0.3 is 9.64 Å². The fourth-order valence-electron chi connectivity index (χ4n) is 2.62. The van der Waals surface area contributed by atoms with Crippen molar-refractivity contribution in [1.29, 1.82) is 0 Å². The molecular formula is C15H20F2N2O2S. The number of amides is 1. The maximum Gasteiger partial charge on any atom is 0.272 e. The lowest BCUT2D eigenvalue weighted by atomic mass is 10.1. The second-order valence-corrected chi connectivity index (χ2v) is 6.46. The van der Waals surface area contributed by atoms with Crippen LogP contribution in [0.3, 0.4) is 0 Å². The summed E-state index contributed by atoms with van der Waals surface area (Å²) in [6.45, 7) is -0.724. The summed E-state index contributed by atoms with van der Waals surface area (Å²) in [6, 6.07) is 3.22. The van der Waals surface area contributed by atoms with Crippen LogP contribution in [0, 0.1) is 0 Å². The molecule has 1 aromatic rings. The molecule has 22 heavy (non-hydrogen) atoms. The number of hydrogen-bond acceptors (Lipinski definition) is 4. The van der Waals surface area contributed by atoms with E-state index in [2.05, 4.69) is 11.2 Å². The second kappa shape index (κ2) is 7.76. The number of nitrogens with zero attached hydrogens (tertiary/aromatic N) is 2. The van der Waals surface area contributed by atoms with Crippen LogP contribution in [0.4, 0.5) is 8.78 Å². The largest absolute Gasteiger partial charge is 0.472 e. The van der Waals surface area contributed by atoms with E-state index in [0.29, 0.717) is 10.8 Å². The van der Waals surface area contributed by atoms with Gasteiger partial charge in [0, 0.05) is 36.2 Å². The van der Waals surface area contributed by atoms with Crippen molar-refractivity contribution in [2.24, 2.45) is 0 Å². The van der Waals surface area contributed by atoms with Crippen molar-refractivity contribution in [2.75, 3.05) is 19.9 Å². The minimum atomic E-state index is -2.56. The number of hydrogen-bond donors (Lipinski definition) is 0. The average molecular weight is 330 g/mol. The molecule has 1 aliphatic rings. The Bertz CT molecular complexity index is 516. The summed E-state index contributed by atoms with van der Waals surface area (Å²) in [4.78, 5) is 18.1. The Morgan fingerprint density at radius 1 is 1.55 bits per heavy atom. The Morgan fingerprint density at radius 2 is 2.32 bits per heavy atom. The van der Waals surface area contributed by atoms with Crippen molar-refractivity contribution < 1.29 is 18.3 Å². The molecule has 4 nitrogen and oxygen atoms in total. The van der Waals surface area contributed by atoms with E-state index in [4.69, 9.17) is 4.74 Å². The van der Waals surface area contributed by atoms with Gasteiger partial charge in [-0.05, 0) is 31.6 Å². The van der Waals surface area contributed by atoms with Gasteiger partial charge in [0.05, 0.1) is 0 Å². The van der Waals surface area contributed by atoms with Gasteiger partial charge in [0.25, 0.3) is 12.3 Å². The topological polar surface area (TPSA) is 42.4 Å². The van der Waals surface area contributed by atoms with Gasteiger partial charge in [0.1, 0.15) is 0 Å². The van der Waals surface area contributed by atoms with Crippen molar-refractivity contribution in [3.05, 3.63) is 23.9 Å². The average Bonchev–Trinajstić information content (AvgIpc) is 3.00. The highest BCUT2D eigenvalue weighted by atomic mass is 32.2. The molecule has 2 rings (SSSR count). The van der Waals surface area contributed by atoms with Gasteiger partial charge in [-0.1, -0.05) is 0 Å². The minimum absolute atomic E-state index is 0.0490. The van der Waals surface area contributed by atoms with E-state index in [1.165, 1.54) is 12.3 Å². The molecule has 0 aliphatic heterocycles. The fraction of sp³-hybridized carbons (Fsp3) is 0.600. The van der Waals surface area contributed by atoms with Crippen molar-refractivity contribution >= 4 is 17.7 Å². The molecule has 1 aromatic heterocycles. The fourth-order valence-corrected chi connectivity index (χ4v) is 3.41. The molecule has 122 valence electrons. The summed E-state index contributed by atoms with van der Waals surface area (Å²) >= 11 is 1.83. The van der Waals surface area contributed by atoms with Gasteiger partial charge in [0.15, 0.2) is 6.61 Å². The molecular weight excluding hydrogens is 310 g/mol. The molecule has 1 fully saturated rings. The van der Waals surface area contributed by atoms with Crippen LogP contribution in [0.2, 0.25) is 0 Å². The number of halogens is 2. The van der Waals surface area contributed by atoms with Gasteiger partial charge >= 0.3 is 0 Å². The molecule has 0 spiro atoms. The first-order chi connectivity index (χ1) is 10.5.